The van der Waals surface area contributed by atoms with E-state index in [-0.39, 0.29) is 23.3 Å². The van der Waals surface area contributed by atoms with Crippen molar-refractivity contribution in [2.24, 2.45) is 0 Å². The largest absolute Gasteiger partial charge is 0.399 e. The number of aromatic nitrogens is 4. The molecular weight excluding hydrogens is 371 g/mol. The average Bonchev–Trinajstić information content (AvgIpc) is 3.01. The first-order valence-electron chi connectivity index (χ1n) is 10.1. The Labute approximate surface area is 168 Å². The third-order valence-corrected chi connectivity index (χ3v) is 5.52. The smallest absolute Gasteiger partial charge is 0.272 e. The minimum atomic E-state index is -0.492. The zero-order valence-corrected chi connectivity index (χ0v) is 16.7. The van der Waals surface area contributed by atoms with Crippen LogP contribution in [0.1, 0.15) is 55.7 Å². The number of carbonyl (C=O) groups is 1. The summed E-state index contributed by atoms with van der Waals surface area (Å²) in [6.45, 7) is 4.80. The van der Waals surface area contributed by atoms with Crippen molar-refractivity contribution in [3.63, 3.8) is 0 Å². The van der Waals surface area contributed by atoms with E-state index in [4.69, 9.17) is 5.73 Å². The fourth-order valence-electron chi connectivity index (χ4n) is 3.84. The molecule has 1 aliphatic heterocycles. The molecule has 3 heterocycles. The topological polar surface area (TPSA) is 89.4 Å². The summed E-state index contributed by atoms with van der Waals surface area (Å²) in [6.07, 6.45) is 4.92. The number of fused-ring (bicyclic) bond motifs is 1. The Hall–Kier alpha value is -3.03. The average molecular weight is 396 g/mol. The lowest BCUT2D eigenvalue weighted by atomic mass is 10.1. The number of halogens is 1. The predicted molar refractivity (Wildman–Crippen MR) is 109 cm³/mol. The Morgan fingerprint density at radius 1 is 1.24 bits per heavy atom. The first-order chi connectivity index (χ1) is 14.0. The van der Waals surface area contributed by atoms with Crippen LogP contribution in [0.5, 0.6) is 0 Å². The van der Waals surface area contributed by atoms with E-state index in [1.54, 1.807) is 22.7 Å². The van der Waals surface area contributed by atoms with Crippen LogP contribution in [0, 0.1) is 5.82 Å². The van der Waals surface area contributed by atoms with Gasteiger partial charge in [0.25, 0.3) is 11.7 Å². The van der Waals surface area contributed by atoms with E-state index < -0.39 is 5.82 Å². The summed E-state index contributed by atoms with van der Waals surface area (Å²) in [5.41, 5.74) is 7.38. The number of benzene rings is 1. The quantitative estimate of drug-likeness (QED) is 0.685. The lowest BCUT2D eigenvalue weighted by molar-refractivity contribution is 0.0691. The van der Waals surface area contributed by atoms with Gasteiger partial charge in [-0.05, 0) is 50.5 Å². The van der Waals surface area contributed by atoms with Gasteiger partial charge >= 0.3 is 0 Å². The lowest BCUT2D eigenvalue weighted by Gasteiger charge is -2.26. The Balaban J connectivity index is 1.76. The number of rotatable bonds is 3. The molecule has 4 rings (SSSR count). The fraction of sp³-hybridized carbons (Fsp3) is 0.429. The number of aryl methyl sites for hydroxylation is 1. The van der Waals surface area contributed by atoms with Crippen LogP contribution in [0.2, 0.25) is 0 Å². The van der Waals surface area contributed by atoms with Crippen molar-refractivity contribution in [2.75, 3.05) is 12.3 Å². The van der Waals surface area contributed by atoms with Gasteiger partial charge in [-0.3, -0.25) is 4.79 Å². The minimum Gasteiger partial charge on any atom is -0.399 e. The van der Waals surface area contributed by atoms with Gasteiger partial charge in [0.1, 0.15) is 11.5 Å². The molecule has 0 saturated carbocycles. The molecule has 29 heavy (non-hydrogen) atoms. The molecule has 1 aliphatic rings. The van der Waals surface area contributed by atoms with Crippen LogP contribution < -0.4 is 5.73 Å². The van der Waals surface area contributed by atoms with E-state index in [9.17, 15) is 9.18 Å². The highest BCUT2D eigenvalue weighted by Crippen LogP contribution is 2.23. The van der Waals surface area contributed by atoms with Crippen LogP contribution in [-0.4, -0.2) is 43.0 Å². The third kappa shape index (κ3) is 3.66. The molecule has 1 atom stereocenters. The van der Waals surface area contributed by atoms with Crippen LogP contribution in [-0.2, 0) is 6.42 Å². The van der Waals surface area contributed by atoms with E-state index in [0.29, 0.717) is 23.6 Å². The summed E-state index contributed by atoms with van der Waals surface area (Å²) in [7, 11) is 0. The van der Waals surface area contributed by atoms with Crippen molar-refractivity contribution in [1.82, 2.24) is 24.5 Å². The van der Waals surface area contributed by atoms with E-state index in [2.05, 4.69) is 22.0 Å². The van der Waals surface area contributed by atoms with Crippen molar-refractivity contribution in [1.29, 1.82) is 0 Å². The monoisotopic (exact) mass is 396 g/mol. The summed E-state index contributed by atoms with van der Waals surface area (Å²) >= 11 is 0. The van der Waals surface area contributed by atoms with E-state index in [1.807, 2.05) is 11.8 Å². The summed E-state index contributed by atoms with van der Waals surface area (Å²) in [5, 5.41) is 4.42. The van der Waals surface area contributed by atoms with Crippen LogP contribution in [0.3, 0.4) is 0 Å². The fourth-order valence-corrected chi connectivity index (χ4v) is 3.84. The molecule has 2 N–H and O–H groups in total. The molecular formula is C21H25FN6O. The molecule has 1 saturated heterocycles. The zero-order valence-electron chi connectivity index (χ0n) is 16.7. The second kappa shape index (κ2) is 7.77. The van der Waals surface area contributed by atoms with Gasteiger partial charge in [0.15, 0.2) is 5.82 Å². The molecule has 152 valence electrons. The van der Waals surface area contributed by atoms with Gasteiger partial charge in [-0.2, -0.15) is 4.98 Å². The normalized spacial score (nSPS) is 17.5. The predicted octanol–water partition coefficient (Wildman–Crippen LogP) is 3.48. The van der Waals surface area contributed by atoms with Crippen molar-refractivity contribution < 1.29 is 9.18 Å². The number of anilines is 1. The van der Waals surface area contributed by atoms with Crippen LogP contribution in [0.25, 0.3) is 17.2 Å². The van der Waals surface area contributed by atoms with E-state index in [1.165, 1.54) is 6.07 Å². The Kier molecular flexibility index (Phi) is 5.17. The first kappa shape index (κ1) is 19.3. The summed E-state index contributed by atoms with van der Waals surface area (Å²) in [6, 6.07) is 6.35. The van der Waals surface area contributed by atoms with E-state index in [0.717, 1.165) is 37.9 Å². The van der Waals surface area contributed by atoms with Gasteiger partial charge in [-0.1, -0.05) is 19.8 Å². The molecule has 1 aromatic carbocycles. The van der Waals surface area contributed by atoms with Crippen molar-refractivity contribution in [2.45, 2.75) is 52.0 Å². The molecule has 8 heteroatoms. The summed E-state index contributed by atoms with van der Waals surface area (Å²) in [5.74, 6) is -0.0627. The number of amides is 1. The number of nitrogen functional groups attached to an aromatic ring is 1. The van der Waals surface area contributed by atoms with Gasteiger partial charge in [0, 0.05) is 24.0 Å². The van der Waals surface area contributed by atoms with Crippen LogP contribution in [0.15, 0.2) is 24.3 Å². The highest BCUT2D eigenvalue weighted by atomic mass is 19.1. The third-order valence-electron chi connectivity index (χ3n) is 5.52. The molecule has 1 amide bonds. The molecule has 0 bridgehead atoms. The first-order valence-corrected chi connectivity index (χ1v) is 10.1. The second-order valence-electron chi connectivity index (χ2n) is 7.57. The van der Waals surface area contributed by atoms with Crippen molar-refractivity contribution >= 4 is 17.4 Å². The Bertz CT molecular complexity index is 1060. The molecule has 7 nitrogen and oxygen atoms in total. The molecule has 0 spiro atoms. The number of nitrogens with zero attached hydrogens (tertiary/aromatic N) is 5. The second-order valence-corrected chi connectivity index (χ2v) is 7.57. The number of likely N-dealkylation sites (tertiary alicyclic amines) is 1. The molecule has 2 aromatic heterocycles. The van der Waals surface area contributed by atoms with Crippen molar-refractivity contribution in [3.05, 3.63) is 41.5 Å². The molecule has 0 radical (unpaired) electrons. The molecule has 3 aromatic rings. The molecule has 0 aliphatic carbocycles. The highest BCUT2D eigenvalue weighted by molar-refractivity contribution is 5.93. The minimum absolute atomic E-state index is 0.0835. The van der Waals surface area contributed by atoms with E-state index >= 15 is 0 Å². The van der Waals surface area contributed by atoms with Gasteiger partial charge in [0.2, 0.25) is 0 Å². The zero-order chi connectivity index (χ0) is 20.5. The highest BCUT2D eigenvalue weighted by Gasteiger charge is 2.25. The van der Waals surface area contributed by atoms with Crippen molar-refractivity contribution in [3.8, 4) is 11.4 Å². The standard InChI is InChI=1S/C21H25FN6O/c1-3-15-12-18(20(29)27-10-6-4-5-7-13(27)2)24-21-25-19(26-28(15)21)16-9-8-14(23)11-17(16)22/h8-9,11-13H,3-7,10,23H2,1-2H3. The number of hydrogen-bond donors (Lipinski definition) is 1. The Morgan fingerprint density at radius 3 is 2.83 bits per heavy atom. The maximum atomic E-state index is 14.3. The van der Waals surface area contributed by atoms with Gasteiger partial charge in [0.05, 0.1) is 5.56 Å². The SMILES string of the molecule is CCc1cc(C(=O)N2CCCCCC2C)nc2nc(-c3ccc(N)cc3F)nn12. The molecule has 1 fully saturated rings. The Morgan fingerprint density at radius 2 is 2.07 bits per heavy atom. The van der Waals surface area contributed by atoms with Crippen LogP contribution in [0.4, 0.5) is 10.1 Å². The van der Waals surface area contributed by atoms with Gasteiger partial charge < -0.3 is 10.6 Å². The lowest BCUT2D eigenvalue weighted by Crippen LogP contribution is -2.38. The maximum Gasteiger partial charge on any atom is 0.272 e. The van der Waals surface area contributed by atoms with Crippen LogP contribution >= 0.6 is 0 Å². The number of nitrogens with two attached hydrogens (primary N) is 1. The summed E-state index contributed by atoms with van der Waals surface area (Å²) < 4.78 is 15.9. The molecule has 1 unspecified atom stereocenters. The summed E-state index contributed by atoms with van der Waals surface area (Å²) in [4.78, 5) is 23.9. The number of carbonyl (C=O) groups excluding carboxylic acids is 1. The maximum absolute atomic E-state index is 14.3. The van der Waals surface area contributed by atoms with Gasteiger partial charge in [-0.15, -0.1) is 5.10 Å². The number of hydrogen-bond acceptors (Lipinski definition) is 5. The van der Waals surface area contributed by atoms with Gasteiger partial charge in [-0.25, -0.2) is 13.9 Å².